The highest BCUT2D eigenvalue weighted by Crippen LogP contribution is 2.18. The van der Waals surface area contributed by atoms with E-state index in [4.69, 9.17) is 23.3 Å². The van der Waals surface area contributed by atoms with E-state index in [0.29, 0.717) is 0 Å². The maximum atomic E-state index is 8.47. The van der Waals surface area contributed by atoms with E-state index in [0.717, 1.165) is 0 Å². The van der Waals surface area contributed by atoms with E-state index in [1.54, 1.807) is 6.07 Å². The Morgan fingerprint density at radius 1 is 1.33 bits per heavy atom. The van der Waals surface area contributed by atoms with Crippen molar-refractivity contribution >= 4 is 17.5 Å². The minimum Gasteiger partial charge on any atom is -0.379 e. The Bertz CT molecular complexity index is 357. The molecule has 0 spiro atoms. The Hall–Kier alpha value is -2.34. The van der Waals surface area contributed by atoms with Gasteiger partial charge in [-0.2, -0.15) is 5.26 Å². The molecule has 0 fully saturated rings. The van der Waals surface area contributed by atoms with E-state index in [1.165, 1.54) is 0 Å². The Kier molecular flexibility index (Phi) is 1.76. The van der Waals surface area contributed by atoms with Crippen molar-refractivity contribution in [3.8, 4) is 6.07 Å². The molecule has 12 heavy (non-hydrogen) atoms. The van der Waals surface area contributed by atoms with Gasteiger partial charge in [-0.3, -0.25) is 0 Å². The molecule has 0 saturated carbocycles. The molecule has 0 bridgehead atoms. The van der Waals surface area contributed by atoms with Crippen LogP contribution in [0, 0.1) is 17.9 Å². The molecule has 1 aromatic heterocycles. The third-order valence-corrected chi connectivity index (χ3v) is 1.14. The van der Waals surface area contributed by atoms with Crippen LogP contribution in [0.3, 0.4) is 0 Å². The maximum Gasteiger partial charge on any atom is 0.308 e. The van der Waals surface area contributed by atoms with Crippen molar-refractivity contribution in [3.05, 3.63) is 17.1 Å². The molecule has 0 aliphatic carbocycles. The summed E-state index contributed by atoms with van der Waals surface area (Å²) in [7, 11) is 0. The number of nitrogen functional groups attached to an aromatic ring is 2. The second-order valence-corrected chi connectivity index (χ2v) is 1.89. The fourth-order valence-electron chi connectivity index (χ4n) is 0.605. The first-order valence-electron chi connectivity index (χ1n) is 2.89. The van der Waals surface area contributed by atoms with Gasteiger partial charge in [0.1, 0.15) is 6.07 Å². The quantitative estimate of drug-likeness (QED) is 0.522. The summed E-state index contributed by atoms with van der Waals surface area (Å²) in [5.41, 5.74) is 10.4. The lowest BCUT2D eigenvalue weighted by molar-refractivity contribution is 1.20. The molecule has 4 N–H and O–H groups in total. The molecule has 0 radical (unpaired) electrons. The lowest BCUT2D eigenvalue weighted by Gasteiger charge is -1.95. The number of hydrogen-bond acceptors (Lipinski definition) is 5. The normalized spacial score (nSPS) is 8.50. The van der Waals surface area contributed by atoms with Crippen molar-refractivity contribution in [3.63, 3.8) is 0 Å². The molecule has 58 valence electrons. The van der Waals surface area contributed by atoms with Crippen LogP contribution in [0.2, 0.25) is 0 Å². The van der Waals surface area contributed by atoms with E-state index in [1.807, 2.05) is 0 Å². The molecular formula is C6H4N6. The number of hydrogen-bond donors (Lipinski definition) is 2. The largest absolute Gasteiger partial charge is 0.379 e. The second kappa shape index (κ2) is 2.72. The molecule has 0 atom stereocenters. The lowest BCUT2D eigenvalue weighted by atomic mass is 10.4. The van der Waals surface area contributed by atoms with Crippen LogP contribution in [0.4, 0.5) is 17.5 Å². The minimum atomic E-state index is -0.121. The summed E-state index contributed by atoms with van der Waals surface area (Å²) in [5, 5.41) is 8.47. The summed E-state index contributed by atoms with van der Waals surface area (Å²) in [6, 6.07) is 1.69. The number of nitriles is 1. The summed E-state index contributed by atoms with van der Waals surface area (Å²) >= 11 is 0. The number of nitrogens with two attached hydrogens (primary N) is 2. The van der Waals surface area contributed by atoms with E-state index in [9.17, 15) is 0 Å². The fraction of sp³-hybridized carbons (Fsp3) is 0. The Morgan fingerprint density at radius 3 is 2.42 bits per heavy atom. The van der Waals surface area contributed by atoms with Gasteiger partial charge >= 0.3 is 5.82 Å². The van der Waals surface area contributed by atoms with Crippen LogP contribution in [0.1, 0.15) is 5.69 Å². The van der Waals surface area contributed by atoms with Gasteiger partial charge in [0, 0.05) is 0 Å². The van der Waals surface area contributed by atoms with Gasteiger partial charge in [0.25, 0.3) is 5.82 Å². The Morgan fingerprint density at radius 2 is 1.92 bits per heavy atom. The summed E-state index contributed by atoms with van der Waals surface area (Å²) in [6.45, 7) is 6.63. The first kappa shape index (κ1) is 7.76. The number of aromatic nitrogens is 2. The van der Waals surface area contributed by atoms with Gasteiger partial charge in [-0.05, 0) is 0 Å². The predicted octanol–water partition coefficient (Wildman–Crippen LogP) is 0.0635. The van der Waals surface area contributed by atoms with Crippen LogP contribution in [0.25, 0.3) is 4.85 Å². The molecule has 0 aliphatic heterocycles. The van der Waals surface area contributed by atoms with Crippen LogP contribution in [-0.4, -0.2) is 9.97 Å². The highest BCUT2D eigenvalue weighted by molar-refractivity contribution is 5.61. The smallest absolute Gasteiger partial charge is 0.308 e. The van der Waals surface area contributed by atoms with Crippen molar-refractivity contribution in [2.75, 3.05) is 11.5 Å². The third kappa shape index (κ3) is 1.09. The number of nitrogens with zero attached hydrogens (tertiary/aromatic N) is 4. The highest BCUT2D eigenvalue weighted by Gasteiger charge is 2.10. The average Bonchev–Trinajstić information content (AvgIpc) is 2.09. The van der Waals surface area contributed by atoms with Crippen LogP contribution in [0.15, 0.2) is 0 Å². The Labute approximate surface area is 68.3 Å². The van der Waals surface area contributed by atoms with E-state index >= 15 is 0 Å². The Balaban J connectivity index is 3.44. The van der Waals surface area contributed by atoms with Gasteiger partial charge in [-0.15, -0.1) is 0 Å². The molecule has 0 amide bonds. The van der Waals surface area contributed by atoms with Gasteiger partial charge in [0.05, 0.1) is 0 Å². The van der Waals surface area contributed by atoms with Crippen molar-refractivity contribution in [1.82, 2.24) is 9.97 Å². The second-order valence-electron chi connectivity index (χ2n) is 1.89. The third-order valence-electron chi connectivity index (χ3n) is 1.14. The lowest BCUT2D eigenvalue weighted by Crippen LogP contribution is -2.02. The van der Waals surface area contributed by atoms with Gasteiger partial charge in [-0.1, -0.05) is 11.6 Å². The molecule has 6 heteroatoms. The van der Waals surface area contributed by atoms with Crippen molar-refractivity contribution in [2.24, 2.45) is 0 Å². The molecule has 1 rings (SSSR count). The summed E-state index contributed by atoms with van der Waals surface area (Å²) in [6.07, 6.45) is 0. The van der Waals surface area contributed by atoms with Crippen LogP contribution in [0.5, 0.6) is 0 Å². The monoisotopic (exact) mass is 160 g/mol. The molecule has 0 aliphatic rings. The standard InChI is InChI=1S/C6H4N6/c1-10-6-3(2-7)11-4(8)5(9)12-6/h(H2,8,11)(H2,9,12). The van der Waals surface area contributed by atoms with Gasteiger partial charge < -0.3 is 16.3 Å². The van der Waals surface area contributed by atoms with Crippen molar-refractivity contribution in [1.29, 1.82) is 5.26 Å². The number of rotatable bonds is 0. The molecular weight excluding hydrogens is 156 g/mol. The fourth-order valence-corrected chi connectivity index (χ4v) is 0.605. The first-order chi connectivity index (χ1) is 5.69. The molecule has 6 nitrogen and oxygen atoms in total. The van der Waals surface area contributed by atoms with Crippen molar-refractivity contribution in [2.45, 2.75) is 0 Å². The summed E-state index contributed by atoms with van der Waals surface area (Å²) < 4.78 is 0. The predicted molar refractivity (Wildman–Crippen MR) is 41.8 cm³/mol. The molecule has 0 unspecified atom stereocenters. The van der Waals surface area contributed by atoms with E-state index < -0.39 is 0 Å². The number of anilines is 2. The zero-order valence-electron chi connectivity index (χ0n) is 5.94. The topological polar surface area (TPSA) is 106 Å². The van der Waals surface area contributed by atoms with Gasteiger partial charge in [-0.25, -0.2) is 4.98 Å². The van der Waals surface area contributed by atoms with Crippen LogP contribution >= 0.6 is 0 Å². The zero-order valence-corrected chi connectivity index (χ0v) is 5.94. The van der Waals surface area contributed by atoms with Crippen LogP contribution < -0.4 is 11.5 Å². The van der Waals surface area contributed by atoms with E-state index in [-0.39, 0.29) is 23.1 Å². The maximum absolute atomic E-state index is 8.47. The minimum absolute atomic E-state index is 0.0278. The summed E-state index contributed by atoms with van der Waals surface area (Å²) in [4.78, 5) is 10.1. The molecule has 0 aromatic carbocycles. The SMILES string of the molecule is [C-]#[N+]c1nc(N)c(N)nc1C#N. The average molecular weight is 160 g/mol. The van der Waals surface area contributed by atoms with Gasteiger partial charge in [0.15, 0.2) is 11.5 Å². The van der Waals surface area contributed by atoms with Crippen molar-refractivity contribution < 1.29 is 0 Å². The molecule has 1 aromatic rings. The van der Waals surface area contributed by atoms with Crippen LogP contribution in [-0.2, 0) is 0 Å². The zero-order chi connectivity index (χ0) is 9.14. The highest BCUT2D eigenvalue weighted by atomic mass is 15.0. The first-order valence-corrected chi connectivity index (χ1v) is 2.89. The van der Waals surface area contributed by atoms with Gasteiger partial charge in [0.2, 0.25) is 0 Å². The molecule has 1 heterocycles. The summed E-state index contributed by atoms with van der Waals surface area (Å²) in [5.74, 6) is -0.178. The molecule has 0 saturated heterocycles. The van der Waals surface area contributed by atoms with E-state index in [2.05, 4.69) is 14.8 Å².